The fraction of sp³-hybridized carbons (Fsp3) is 0.143. The molecule has 0 bridgehead atoms. The van der Waals surface area contributed by atoms with E-state index in [0.717, 1.165) is 11.3 Å². The van der Waals surface area contributed by atoms with Crippen molar-refractivity contribution in [3.05, 3.63) is 53.3 Å². The lowest BCUT2D eigenvalue weighted by Crippen LogP contribution is -2.32. The molecule has 96 valence electrons. The molecule has 1 aliphatic heterocycles. The maximum absolute atomic E-state index is 12.1. The number of pyridine rings is 1. The Bertz CT molecular complexity index is 587. The van der Waals surface area contributed by atoms with Crippen molar-refractivity contribution in [2.75, 3.05) is 10.6 Å². The molecule has 2 N–H and O–H groups in total. The number of hydrogen-bond donors (Lipinski definition) is 2. The molecular formula is C14H12ClN3O. The molecule has 1 amide bonds. The first kappa shape index (κ1) is 12.0. The van der Waals surface area contributed by atoms with Crippen LogP contribution >= 0.6 is 11.6 Å². The summed E-state index contributed by atoms with van der Waals surface area (Å²) in [6.45, 7) is 0. The predicted octanol–water partition coefficient (Wildman–Crippen LogP) is 2.71. The molecule has 2 aromatic rings. The van der Waals surface area contributed by atoms with E-state index < -0.39 is 0 Å². The minimum atomic E-state index is -0.243. The van der Waals surface area contributed by atoms with Gasteiger partial charge in [0.25, 0.3) is 0 Å². The van der Waals surface area contributed by atoms with Crippen LogP contribution in [0.4, 0.5) is 11.4 Å². The lowest BCUT2D eigenvalue weighted by Gasteiger charge is -2.11. The largest absolute Gasteiger partial charge is 0.373 e. The number of nitrogens with one attached hydrogen (secondary N) is 2. The summed E-state index contributed by atoms with van der Waals surface area (Å²) < 4.78 is 0. The van der Waals surface area contributed by atoms with Crippen LogP contribution in [0.5, 0.6) is 0 Å². The van der Waals surface area contributed by atoms with Crippen molar-refractivity contribution in [3.63, 3.8) is 0 Å². The summed E-state index contributed by atoms with van der Waals surface area (Å²) in [5, 5.41) is 6.44. The third-order valence-electron chi connectivity index (χ3n) is 3.08. The second-order valence-electron chi connectivity index (χ2n) is 4.42. The van der Waals surface area contributed by atoms with E-state index in [0.29, 0.717) is 17.3 Å². The summed E-state index contributed by atoms with van der Waals surface area (Å²) in [7, 11) is 0. The van der Waals surface area contributed by atoms with Gasteiger partial charge in [-0.05, 0) is 23.8 Å². The zero-order valence-corrected chi connectivity index (χ0v) is 10.8. The average molecular weight is 274 g/mol. The molecule has 1 aromatic carbocycles. The lowest BCUT2D eigenvalue weighted by atomic mass is 10.1. The summed E-state index contributed by atoms with van der Waals surface area (Å²) >= 11 is 5.70. The van der Waals surface area contributed by atoms with Gasteiger partial charge in [-0.2, -0.15) is 0 Å². The minimum Gasteiger partial charge on any atom is -0.373 e. The first-order valence-corrected chi connectivity index (χ1v) is 6.37. The second-order valence-corrected chi connectivity index (χ2v) is 4.80. The van der Waals surface area contributed by atoms with E-state index in [9.17, 15) is 4.79 Å². The smallest absolute Gasteiger partial charge is 0.247 e. The van der Waals surface area contributed by atoms with Crippen molar-refractivity contribution < 1.29 is 4.79 Å². The number of benzene rings is 1. The van der Waals surface area contributed by atoms with E-state index in [1.54, 1.807) is 18.3 Å². The van der Waals surface area contributed by atoms with E-state index >= 15 is 0 Å². The molecule has 19 heavy (non-hydrogen) atoms. The van der Waals surface area contributed by atoms with Crippen LogP contribution in [0.2, 0.25) is 5.15 Å². The lowest BCUT2D eigenvalue weighted by molar-refractivity contribution is -0.116. The average Bonchev–Trinajstić information content (AvgIpc) is 2.85. The van der Waals surface area contributed by atoms with Crippen molar-refractivity contribution in [3.8, 4) is 0 Å². The second kappa shape index (κ2) is 4.90. The van der Waals surface area contributed by atoms with Crippen LogP contribution in [0.25, 0.3) is 0 Å². The van der Waals surface area contributed by atoms with E-state index in [-0.39, 0.29) is 11.9 Å². The van der Waals surface area contributed by atoms with Gasteiger partial charge >= 0.3 is 0 Å². The number of amides is 1. The molecule has 0 aliphatic carbocycles. The van der Waals surface area contributed by atoms with Gasteiger partial charge in [-0.1, -0.05) is 29.8 Å². The number of carbonyl (C=O) groups is 1. The maximum Gasteiger partial charge on any atom is 0.247 e. The van der Waals surface area contributed by atoms with E-state index in [4.69, 9.17) is 11.6 Å². The van der Waals surface area contributed by atoms with Crippen molar-refractivity contribution in [1.82, 2.24) is 4.98 Å². The molecule has 0 radical (unpaired) electrons. The highest BCUT2D eigenvalue weighted by molar-refractivity contribution is 6.29. The molecule has 0 saturated carbocycles. The third-order valence-corrected chi connectivity index (χ3v) is 3.31. The van der Waals surface area contributed by atoms with Gasteiger partial charge in [0.2, 0.25) is 5.91 Å². The standard InChI is InChI=1S/C14H12ClN3O/c15-13-6-5-10(8-16-13)17-14(19)12-7-9-3-1-2-4-11(9)18-12/h1-6,8,12,18H,7H2,(H,17,19). The number of nitrogens with zero attached hydrogens (tertiary/aromatic N) is 1. The first-order chi connectivity index (χ1) is 9.22. The van der Waals surface area contributed by atoms with Crippen LogP contribution in [-0.2, 0) is 11.2 Å². The van der Waals surface area contributed by atoms with Crippen LogP contribution < -0.4 is 10.6 Å². The molecule has 0 spiro atoms. The highest BCUT2D eigenvalue weighted by Gasteiger charge is 2.26. The molecule has 2 heterocycles. The molecular weight excluding hydrogens is 262 g/mol. The maximum atomic E-state index is 12.1. The van der Waals surface area contributed by atoms with Gasteiger partial charge < -0.3 is 10.6 Å². The Hall–Kier alpha value is -2.07. The molecule has 5 heteroatoms. The highest BCUT2D eigenvalue weighted by Crippen LogP contribution is 2.25. The predicted molar refractivity (Wildman–Crippen MR) is 75.4 cm³/mol. The van der Waals surface area contributed by atoms with Crippen molar-refractivity contribution in [1.29, 1.82) is 0 Å². The summed E-state index contributed by atoms with van der Waals surface area (Å²) in [5.41, 5.74) is 2.83. The number of carbonyl (C=O) groups excluding carboxylic acids is 1. The quantitative estimate of drug-likeness (QED) is 0.827. The monoisotopic (exact) mass is 273 g/mol. The molecule has 0 fully saturated rings. The summed E-state index contributed by atoms with van der Waals surface area (Å²) in [6.07, 6.45) is 2.24. The SMILES string of the molecule is O=C(Nc1ccc(Cl)nc1)C1Cc2ccccc2N1. The zero-order valence-electron chi connectivity index (χ0n) is 10.1. The minimum absolute atomic E-state index is 0.0691. The molecule has 1 aromatic heterocycles. The molecule has 1 aliphatic rings. The van der Waals surface area contributed by atoms with Gasteiger partial charge in [-0.15, -0.1) is 0 Å². The van der Waals surface area contributed by atoms with E-state index in [2.05, 4.69) is 15.6 Å². The van der Waals surface area contributed by atoms with E-state index in [1.807, 2.05) is 24.3 Å². The number of anilines is 2. The van der Waals surface area contributed by atoms with E-state index in [1.165, 1.54) is 0 Å². The van der Waals surface area contributed by atoms with Crippen molar-refractivity contribution in [2.45, 2.75) is 12.5 Å². The number of hydrogen-bond acceptors (Lipinski definition) is 3. The Labute approximate surface area is 115 Å². The first-order valence-electron chi connectivity index (χ1n) is 5.99. The Morgan fingerprint density at radius 2 is 2.16 bits per heavy atom. The van der Waals surface area contributed by atoms with Gasteiger partial charge in [0.1, 0.15) is 11.2 Å². The molecule has 1 atom stereocenters. The van der Waals surface area contributed by atoms with Gasteiger partial charge in [0.15, 0.2) is 0 Å². The van der Waals surface area contributed by atoms with Crippen LogP contribution in [0.15, 0.2) is 42.6 Å². The Balaban J connectivity index is 1.68. The van der Waals surface area contributed by atoms with Crippen LogP contribution in [0.1, 0.15) is 5.56 Å². The summed E-state index contributed by atoms with van der Waals surface area (Å²) in [6, 6.07) is 11.1. The number of para-hydroxylation sites is 1. The fourth-order valence-corrected chi connectivity index (χ4v) is 2.25. The van der Waals surface area contributed by atoms with Crippen LogP contribution in [0, 0.1) is 0 Å². The normalized spacial score (nSPS) is 16.6. The van der Waals surface area contributed by atoms with Crippen molar-refractivity contribution in [2.24, 2.45) is 0 Å². The topological polar surface area (TPSA) is 54.0 Å². The Morgan fingerprint density at radius 1 is 1.32 bits per heavy atom. The zero-order chi connectivity index (χ0) is 13.2. The van der Waals surface area contributed by atoms with Gasteiger partial charge in [0.05, 0.1) is 11.9 Å². The highest BCUT2D eigenvalue weighted by atomic mass is 35.5. The van der Waals surface area contributed by atoms with Gasteiger partial charge in [-0.25, -0.2) is 4.98 Å². The number of aromatic nitrogens is 1. The Kier molecular flexibility index (Phi) is 3.09. The summed E-state index contributed by atoms with van der Waals surface area (Å²) in [4.78, 5) is 16.1. The number of rotatable bonds is 2. The Morgan fingerprint density at radius 3 is 2.89 bits per heavy atom. The van der Waals surface area contributed by atoms with Crippen molar-refractivity contribution >= 4 is 28.9 Å². The van der Waals surface area contributed by atoms with Gasteiger partial charge in [0, 0.05) is 12.1 Å². The molecule has 4 nitrogen and oxygen atoms in total. The van der Waals surface area contributed by atoms with Crippen LogP contribution in [-0.4, -0.2) is 16.9 Å². The molecule has 1 unspecified atom stereocenters. The van der Waals surface area contributed by atoms with Gasteiger partial charge in [-0.3, -0.25) is 4.79 Å². The third kappa shape index (κ3) is 2.53. The molecule has 3 rings (SSSR count). The number of fused-ring (bicyclic) bond motifs is 1. The number of halogens is 1. The fourth-order valence-electron chi connectivity index (χ4n) is 2.14. The molecule has 0 saturated heterocycles. The summed E-state index contributed by atoms with van der Waals surface area (Å²) in [5.74, 6) is -0.0691. The van der Waals surface area contributed by atoms with Crippen LogP contribution in [0.3, 0.4) is 0 Å².